The first-order valence-corrected chi connectivity index (χ1v) is 5.68. The SMILES string of the molecule is CC(C)[C@H](N)C(=O)N1CCC(CC(=O)O)C1. The first kappa shape index (κ1) is 13.0. The Kier molecular flexibility index (Phi) is 4.29. The lowest BCUT2D eigenvalue weighted by Gasteiger charge is -2.22. The molecule has 16 heavy (non-hydrogen) atoms. The number of likely N-dealkylation sites (tertiary alicyclic amines) is 1. The molecule has 0 aromatic carbocycles. The van der Waals surface area contributed by atoms with Crippen molar-refractivity contribution in [3.8, 4) is 0 Å². The van der Waals surface area contributed by atoms with Crippen molar-refractivity contribution in [3.63, 3.8) is 0 Å². The van der Waals surface area contributed by atoms with E-state index < -0.39 is 12.0 Å². The molecular weight excluding hydrogens is 208 g/mol. The zero-order valence-corrected chi connectivity index (χ0v) is 9.85. The fourth-order valence-electron chi connectivity index (χ4n) is 1.94. The number of carbonyl (C=O) groups is 2. The Morgan fingerprint density at radius 3 is 2.62 bits per heavy atom. The summed E-state index contributed by atoms with van der Waals surface area (Å²) in [5.74, 6) is -0.651. The number of amides is 1. The lowest BCUT2D eigenvalue weighted by atomic mass is 10.0. The molecule has 1 aliphatic rings. The van der Waals surface area contributed by atoms with Crippen molar-refractivity contribution in [1.29, 1.82) is 0 Å². The van der Waals surface area contributed by atoms with Crippen LogP contribution in [-0.2, 0) is 9.59 Å². The molecule has 1 fully saturated rings. The van der Waals surface area contributed by atoms with Gasteiger partial charge in [0.05, 0.1) is 6.04 Å². The van der Waals surface area contributed by atoms with Crippen LogP contribution in [0, 0.1) is 11.8 Å². The third-order valence-electron chi connectivity index (χ3n) is 3.06. The molecule has 5 heteroatoms. The number of hydrogen-bond acceptors (Lipinski definition) is 3. The summed E-state index contributed by atoms with van der Waals surface area (Å²) in [4.78, 5) is 24.1. The highest BCUT2D eigenvalue weighted by molar-refractivity contribution is 5.82. The molecule has 0 radical (unpaired) electrons. The monoisotopic (exact) mass is 228 g/mol. The van der Waals surface area contributed by atoms with Gasteiger partial charge < -0.3 is 15.7 Å². The summed E-state index contributed by atoms with van der Waals surface area (Å²) in [6.07, 6.45) is 0.906. The summed E-state index contributed by atoms with van der Waals surface area (Å²) >= 11 is 0. The van der Waals surface area contributed by atoms with Crippen molar-refractivity contribution in [1.82, 2.24) is 4.90 Å². The number of rotatable bonds is 4. The molecule has 0 aromatic heterocycles. The molecule has 1 saturated heterocycles. The van der Waals surface area contributed by atoms with Crippen molar-refractivity contribution in [2.45, 2.75) is 32.7 Å². The molecule has 3 N–H and O–H groups in total. The van der Waals surface area contributed by atoms with Crippen LogP contribution >= 0.6 is 0 Å². The second-order valence-corrected chi connectivity index (χ2v) is 4.81. The van der Waals surface area contributed by atoms with E-state index in [1.165, 1.54) is 0 Å². The standard InChI is InChI=1S/C11H20N2O3/c1-7(2)10(12)11(16)13-4-3-8(6-13)5-9(14)15/h7-8,10H,3-6,12H2,1-2H3,(H,14,15)/t8?,10-/m0/s1. The Balaban J connectivity index is 2.46. The molecule has 2 atom stereocenters. The molecule has 0 bridgehead atoms. The predicted molar refractivity (Wildman–Crippen MR) is 59.8 cm³/mol. The van der Waals surface area contributed by atoms with Crippen molar-refractivity contribution >= 4 is 11.9 Å². The van der Waals surface area contributed by atoms with Gasteiger partial charge in [-0.05, 0) is 18.3 Å². The van der Waals surface area contributed by atoms with Crippen LogP contribution in [0.1, 0.15) is 26.7 Å². The van der Waals surface area contributed by atoms with Gasteiger partial charge in [-0.3, -0.25) is 9.59 Å². The van der Waals surface area contributed by atoms with Crippen LogP contribution < -0.4 is 5.73 Å². The molecule has 0 saturated carbocycles. The van der Waals surface area contributed by atoms with Crippen molar-refractivity contribution in [3.05, 3.63) is 0 Å². The highest BCUT2D eigenvalue weighted by Gasteiger charge is 2.31. The molecule has 1 heterocycles. The van der Waals surface area contributed by atoms with E-state index >= 15 is 0 Å². The van der Waals surface area contributed by atoms with Gasteiger partial charge in [0, 0.05) is 19.5 Å². The smallest absolute Gasteiger partial charge is 0.303 e. The van der Waals surface area contributed by atoms with E-state index in [4.69, 9.17) is 10.8 Å². The predicted octanol–water partition coefficient (Wildman–Crippen LogP) is 0.293. The Morgan fingerprint density at radius 2 is 2.12 bits per heavy atom. The third-order valence-corrected chi connectivity index (χ3v) is 3.06. The number of nitrogens with two attached hydrogens (primary N) is 1. The maximum absolute atomic E-state index is 11.9. The molecular formula is C11H20N2O3. The summed E-state index contributed by atoms with van der Waals surface area (Å²) in [5.41, 5.74) is 5.78. The molecule has 92 valence electrons. The van der Waals surface area contributed by atoms with Gasteiger partial charge in [0.15, 0.2) is 0 Å². The lowest BCUT2D eigenvalue weighted by Crippen LogP contribution is -2.45. The van der Waals surface area contributed by atoms with Crippen molar-refractivity contribution in [2.75, 3.05) is 13.1 Å². The van der Waals surface area contributed by atoms with Gasteiger partial charge in [0.2, 0.25) is 5.91 Å². The van der Waals surface area contributed by atoms with Crippen LogP contribution in [0.5, 0.6) is 0 Å². The summed E-state index contributed by atoms with van der Waals surface area (Å²) in [6.45, 7) is 4.99. The Bertz CT molecular complexity index is 278. The van der Waals surface area contributed by atoms with Gasteiger partial charge in [-0.25, -0.2) is 0 Å². The minimum Gasteiger partial charge on any atom is -0.481 e. The zero-order valence-electron chi connectivity index (χ0n) is 9.85. The van der Waals surface area contributed by atoms with Gasteiger partial charge in [-0.1, -0.05) is 13.8 Å². The highest BCUT2D eigenvalue weighted by Crippen LogP contribution is 2.20. The number of aliphatic carboxylic acids is 1. The third kappa shape index (κ3) is 3.20. The number of carboxylic acids is 1. The quantitative estimate of drug-likeness (QED) is 0.724. The fraction of sp³-hybridized carbons (Fsp3) is 0.818. The number of carbonyl (C=O) groups excluding carboxylic acids is 1. The molecule has 0 aromatic rings. The van der Waals surface area contributed by atoms with Crippen LogP contribution in [-0.4, -0.2) is 41.0 Å². The normalized spacial score (nSPS) is 22.5. The van der Waals surface area contributed by atoms with Crippen LogP contribution in [0.4, 0.5) is 0 Å². The topological polar surface area (TPSA) is 83.6 Å². The van der Waals surface area contributed by atoms with Crippen LogP contribution in [0.25, 0.3) is 0 Å². The van der Waals surface area contributed by atoms with Crippen LogP contribution in [0.2, 0.25) is 0 Å². The van der Waals surface area contributed by atoms with Crippen molar-refractivity contribution in [2.24, 2.45) is 17.6 Å². The van der Waals surface area contributed by atoms with Crippen molar-refractivity contribution < 1.29 is 14.7 Å². The van der Waals surface area contributed by atoms with E-state index in [2.05, 4.69) is 0 Å². The number of hydrogen-bond donors (Lipinski definition) is 2. The second kappa shape index (κ2) is 5.30. The van der Waals surface area contributed by atoms with E-state index in [0.717, 1.165) is 6.42 Å². The van der Waals surface area contributed by atoms with Gasteiger partial charge in [0.1, 0.15) is 0 Å². The van der Waals surface area contributed by atoms with E-state index in [1.807, 2.05) is 13.8 Å². The molecule has 0 aliphatic carbocycles. The molecule has 1 amide bonds. The zero-order chi connectivity index (χ0) is 12.3. The molecule has 1 rings (SSSR count). The van der Waals surface area contributed by atoms with Crippen LogP contribution in [0.15, 0.2) is 0 Å². The average Bonchev–Trinajstić information content (AvgIpc) is 2.62. The van der Waals surface area contributed by atoms with Gasteiger partial charge in [-0.15, -0.1) is 0 Å². The number of nitrogens with zero attached hydrogens (tertiary/aromatic N) is 1. The first-order valence-electron chi connectivity index (χ1n) is 5.68. The fourth-order valence-corrected chi connectivity index (χ4v) is 1.94. The average molecular weight is 228 g/mol. The van der Waals surface area contributed by atoms with E-state index in [1.54, 1.807) is 4.90 Å². The van der Waals surface area contributed by atoms with Crippen LogP contribution in [0.3, 0.4) is 0 Å². The number of carboxylic acid groups (broad SMARTS) is 1. The Morgan fingerprint density at radius 1 is 1.50 bits per heavy atom. The first-order chi connectivity index (χ1) is 7.41. The van der Waals surface area contributed by atoms with E-state index in [9.17, 15) is 9.59 Å². The largest absolute Gasteiger partial charge is 0.481 e. The van der Waals surface area contributed by atoms with E-state index in [-0.39, 0.29) is 24.2 Å². The minimum atomic E-state index is -0.799. The maximum atomic E-state index is 11.9. The lowest BCUT2D eigenvalue weighted by molar-refractivity contribution is -0.138. The molecule has 1 aliphatic heterocycles. The van der Waals surface area contributed by atoms with Gasteiger partial charge >= 0.3 is 5.97 Å². The summed E-state index contributed by atoms with van der Waals surface area (Å²) < 4.78 is 0. The summed E-state index contributed by atoms with van der Waals surface area (Å²) in [5, 5.41) is 8.67. The highest BCUT2D eigenvalue weighted by atomic mass is 16.4. The van der Waals surface area contributed by atoms with Gasteiger partial charge in [-0.2, -0.15) is 0 Å². The molecule has 5 nitrogen and oxygen atoms in total. The Labute approximate surface area is 95.6 Å². The maximum Gasteiger partial charge on any atom is 0.303 e. The minimum absolute atomic E-state index is 0.0529. The Hall–Kier alpha value is -1.10. The second-order valence-electron chi connectivity index (χ2n) is 4.81. The summed E-state index contributed by atoms with van der Waals surface area (Å²) in [6, 6.07) is -0.469. The van der Waals surface area contributed by atoms with E-state index in [0.29, 0.717) is 13.1 Å². The molecule has 0 spiro atoms. The van der Waals surface area contributed by atoms with Gasteiger partial charge in [0.25, 0.3) is 0 Å². The summed E-state index contributed by atoms with van der Waals surface area (Å²) in [7, 11) is 0. The molecule has 1 unspecified atom stereocenters.